The molecule has 5 heteroatoms. The lowest BCUT2D eigenvalue weighted by atomic mass is 9.33. The molecule has 40 heavy (non-hydrogen) atoms. The molecule has 0 unspecified atom stereocenters. The van der Waals surface area contributed by atoms with Gasteiger partial charge in [-0.1, -0.05) is 66.2 Å². The molecule has 5 aliphatic rings. The Morgan fingerprint density at radius 1 is 0.975 bits per heavy atom. The van der Waals surface area contributed by atoms with E-state index in [1.165, 1.54) is 5.57 Å². The zero-order valence-corrected chi connectivity index (χ0v) is 26.4. The van der Waals surface area contributed by atoms with Crippen LogP contribution in [0.15, 0.2) is 23.3 Å². The highest BCUT2D eigenvalue weighted by Crippen LogP contribution is 2.75. The van der Waals surface area contributed by atoms with Gasteiger partial charge in [0, 0.05) is 23.3 Å². The van der Waals surface area contributed by atoms with Gasteiger partial charge in [-0.3, -0.25) is 9.59 Å². The van der Waals surface area contributed by atoms with Gasteiger partial charge in [-0.05, 0) is 98.7 Å². The van der Waals surface area contributed by atoms with Crippen molar-refractivity contribution in [3.05, 3.63) is 23.3 Å². The van der Waals surface area contributed by atoms with E-state index < -0.39 is 23.5 Å². The third kappa shape index (κ3) is 3.73. The maximum atomic E-state index is 13.4. The van der Waals surface area contributed by atoms with Gasteiger partial charge in [0.25, 0.3) is 0 Å². The van der Waals surface area contributed by atoms with Gasteiger partial charge in [0.05, 0.1) is 0 Å². The van der Waals surface area contributed by atoms with Gasteiger partial charge in [0.15, 0.2) is 0 Å². The van der Waals surface area contributed by atoms with Crippen LogP contribution >= 0.6 is 0 Å². The zero-order valence-electron chi connectivity index (χ0n) is 26.4. The normalized spacial score (nSPS) is 45.7. The van der Waals surface area contributed by atoms with Gasteiger partial charge in [0.2, 0.25) is 0 Å². The summed E-state index contributed by atoms with van der Waals surface area (Å²) in [6, 6.07) is 0. The molecule has 1 N–H and O–H groups in total. The van der Waals surface area contributed by atoms with Crippen molar-refractivity contribution < 1.29 is 24.2 Å². The Kier molecular flexibility index (Phi) is 6.69. The van der Waals surface area contributed by atoms with Crippen LogP contribution in [0.1, 0.15) is 120 Å². The van der Waals surface area contributed by atoms with Crippen LogP contribution < -0.4 is 0 Å². The SMILES string of the molecule is C/C=C(\C)C(=O)O[C@H]1CC(C)(C)C[C@H]2C3=CC[C@H]4[C@@]5(C)CCC(=O)C(C)(C)[C@@H]5CC[C@]4(C)[C@]3(C)CC[C@]12C(=O)O. The number of carbonyl (C=O) groups is 3. The summed E-state index contributed by atoms with van der Waals surface area (Å²) in [7, 11) is 0. The van der Waals surface area contributed by atoms with Crippen molar-refractivity contribution in [3.63, 3.8) is 0 Å². The summed E-state index contributed by atoms with van der Waals surface area (Å²) < 4.78 is 6.13. The van der Waals surface area contributed by atoms with E-state index in [1.807, 2.05) is 6.92 Å². The Bertz CT molecular complexity index is 1190. The maximum absolute atomic E-state index is 13.4. The topological polar surface area (TPSA) is 80.7 Å². The van der Waals surface area contributed by atoms with E-state index in [-0.39, 0.29) is 33.0 Å². The van der Waals surface area contributed by atoms with Crippen LogP contribution in [-0.2, 0) is 19.1 Å². The minimum Gasteiger partial charge on any atom is -0.481 e. The number of ketones is 1. The Morgan fingerprint density at radius 2 is 1.65 bits per heavy atom. The smallest absolute Gasteiger partial charge is 0.333 e. The second kappa shape index (κ2) is 9.04. The van der Waals surface area contributed by atoms with Crippen molar-refractivity contribution >= 4 is 17.7 Å². The molecule has 0 bridgehead atoms. The highest BCUT2D eigenvalue weighted by atomic mass is 16.5. The summed E-state index contributed by atoms with van der Waals surface area (Å²) in [4.78, 5) is 39.4. The highest BCUT2D eigenvalue weighted by molar-refractivity contribution is 5.88. The fourth-order valence-electron chi connectivity index (χ4n) is 11.1. The lowest BCUT2D eigenvalue weighted by Gasteiger charge is -2.70. The lowest BCUT2D eigenvalue weighted by molar-refractivity contribution is -0.206. The first-order valence-electron chi connectivity index (χ1n) is 15.7. The van der Waals surface area contributed by atoms with Crippen molar-refractivity contribution in [2.75, 3.05) is 0 Å². The first-order chi connectivity index (χ1) is 18.4. The molecule has 0 aromatic carbocycles. The van der Waals surface area contributed by atoms with Crippen molar-refractivity contribution in [2.24, 2.45) is 50.2 Å². The molecular weight excluding hydrogens is 500 g/mol. The number of hydrogen-bond acceptors (Lipinski definition) is 4. The molecule has 0 radical (unpaired) electrons. The van der Waals surface area contributed by atoms with E-state index in [9.17, 15) is 19.5 Å². The largest absolute Gasteiger partial charge is 0.481 e. The Labute approximate surface area is 241 Å². The monoisotopic (exact) mass is 552 g/mol. The Balaban J connectivity index is 1.60. The molecule has 5 rings (SSSR count). The maximum Gasteiger partial charge on any atom is 0.333 e. The third-order valence-corrected chi connectivity index (χ3v) is 13.8. The van der Waals surface area contributed by atoms with Gasteiger partial charge < -0.3 is 9.84 Å². The number of fused-ring (bicyclic) bond motifs is 7. The molecule has 5 nitrogen and oxygen atoms in total. The molecule has 0 aromatic rings. The number of carboxylic acids is 1. The highest BCUT2D eigenvalue weighted by Gasteiger charge is 2.71. The molecular formula is C35H52O5. The fourth-order valence-corrected chi connectivity index (χ4v) is 11.1. The van der Waals surface area contributed by atoms with Crippen LogP contribution in [0, 0.1) is 50.2 Å². The molecule has 222 valence electrons. The standard InChI is InChI=1S/C35H52O5/c1-10-21(2)28(37)40-27-20-30(3,4)19-23-22-11-12-25-32(7)15-14-26(36)31(5,6)24(32)13-16-34(25,9)33(22,8)17-18-35(23,27)29(38)39/h10-11,23-25,27H,12-20H2,1-9H3,(H,38,39)/b21-10+/t23-,24-,25-,27-,32-,33+,34-,35+/m0/s1. The van der Waals surface area contributed by atoms with Crippen LogP contribution in [0.25, 0.3) is 0 Å². The summed E-state index contributed by atoms with van der Waals surface area (Å²) >= 11 is 0. The minimum absolute atomic E-state index is 0.0266. The predicted molar refractivity (Wildman–Crippen MR) is 156 cm³/mol. The lowest BCUT2D eigenvalue weighted by Crippen LogP contribution is -2.66. The van der Waals surface area contributed by atoms with Crippen LogP contribution in [0.2, 0.25) is 0 Å². The molecule has 8 atom stereocenters. The molecule has 0 heterocycles. The first-order valence-corrected chi connectivity index (χ1v) is 15.7. The molecule has 0 amide bonds. The number of ether oxygens (including phenoxy) is 1. The summed E-state index contributed by atoms with van der Waals surface area (Å²) in [6.45, 7) is 19.7. The van der Waals surface area contributed by atoms with E-state index in [0.29, 0.717) is 42.5 Å². The fraction of sp³-hybridized carbons (Fsp3) is 0.800. The number of aliphatic carboxylic acids is 1. The van der Waals surface area contributed by atoms with Crippen molar-refractivity contribution in [2.45, 2.75) is 126 Å². The molecule has 4 fully saturated rings. The average Bonchev–Trinajstić information content (AvgIpc) is 2.85. The minimum atomic E-state index is -1.10. The molecule has 4 saturated carbocycles. The predicted octanol–water partition coefficient (Wildman–Crippen LogP) is 7.93. The number of Topliss-reactive ketones (excluding diaryl/α,β-unsaturated/α-hetero) is 1. The van der Waals surface area contributed by atoms with Gasteiger partial charge in [-0.2, -0.15) is 0 Å². The van der Waals surface area contributed by atoms with Crippen LogP contribution in [0.4, 0.5) is 0 Å². The van der Waals surface area contributed by atoms with E-state index in [2.05, 4.69) is 54.5 Å². The number of rotatable bonds is 3. The van der Waals surface area contributed by atoms with Crippen LogP contribution in [0.5, 0.6) is 0 Å². The summed E-state index contributed by atoms with van der Waals surface area (Å²) in [5, 5.41) is 11.0. The van der Waals surface area contributed by atoms with E-state index in [0.717, 1.165) is 38.5 Å². The van der Waals surface area contributed by atoms with Crippen molar-refractivity contribution in [3.8, 4) is 0 Å². The van der Waals surface area contributed by atoms with Crippen molar-refractivity contribution in [1.29, 1.82) is 0 Å². The van der Waals surface area contributed by atoms with Crippen LogP contribution in [-0.4, -0.2) is 28.9 Å². The molecule has 0 aromatic heterocycles. The second-order valence-corrected chi connectivity index (χ2v) is 16.3. The second-order valence-electron chi connectivity index (χ2n) is 16.3. The molecule has 0 spiro atoms. The van der Waals surface area contributed by atoms with Gasteiger partial charge in [-0.15, -0.1) is 0 Å². The molecule has 0 aliphatic heterocycles. The van der Waals surface area contributed by atoms with Gasteiger partial charge in [0.1, 0.15) is 17.3 Å². The van der Waals surface area contributed by atoms with Crippen LogP contribution in [0.3, 0.4) is 0 Å². The van der Waals surface area contributed by atoms with Gasteiger partial charge >= 0.3 is 11.9 Å². The number of esters is 1. The van der Waals surface area contributed by atoms with Crippen molar-refractivity contribution in [1.82, 2.24) is 0 Å². The quantitative estimate of drug-likeness (QED) is 0.218. The summed E-state index contributed by atoms with van der Waals surface area (Å²) in [5.41, 5.74) is 0.279. The zero-order chi connectivity index (χ0) is 29.7. The number of allylic oxidation sites excluding steroid dienone is 3. The first kappa shape index (κ1) is 29.6. The molecule has 0 saturated heterocycles. The third-order valence-electron chi connectivity index (χ3n) is 13.8. The summed E-state index contributed by atoms with van der Waals surface area (Å²) in [6.07, 6.45) is 10.9. The summed E-state index contributed by atoms with van der Waals surface area (Å²) in [5.74, 6) is -0.125. The number of carbonyl (C=O) groups excluding carboxylic acids is 2. The number of carboxylic acid groups (broad SMARTS) is 1. The average molecular weight is 553 g/mol. The van der Waals surface area contributed by atoms with E-state index in [1.54, 1.807) is 13.0 Å². The van der Waals surface area contributed by atoms with Gasteiger partial charge in [-0.25, -0.2) is 4.79 Å². The number of hydrogen-bond donors (Lipinski definition) is 1. The Hall–Kier alpha value is -1.91. The molecule has 5 aliphatic carbocycles. The van der Waals surface area contributed by atoms with E-state index >= 15 is 0 Å². The Morgan fingerprint density at radius 3 is 2.27 bits per heavy atom. The van der Waals surface area contributed by atoms with E-state index in [4.69, 9.17) is 4.74 Å².